The summed E-state index contributed by atoms with van der Waals surface area (Å²) in [5.41, 5.74) is 19.9. The molecule has 0 unspecified atom stereocenters. The van der Waals surface area contributed by atoms with Gasteiger partial charge in [-0.1, -0.05) is 154 Å². The molecule has 1 aliphatic carbocycles. The monoisotopic (exact) mass is 1020 g/mol. The van der Waals surface area contributed by atoms with Crippen LogP contribution in [0.1, 0.15) is 86.1 Å². The van der Waals surface area contributed by atoms with Crippen LogP contribution in [0.15, 0.2) is 186 Å². The van der Waals surface area contributed by atoms with Crippen molar-refractivity contribution in [3.8, 4) is 11.1 Å². The van der Waals surface area contributed by atoms with Gasteiger partial charge in [-0.3, -0.25) is 0 Å². The van der Waals surface area contributed by atoms with Crippen LogP contribution >= 0.6 is 38.5 Å². The molecule has 9 rings (SSSR count). The summed E-state index contributed by atoms with van der Waals surface area (Å²) in [7, 11) is 0. The SMILES string of the molecule is Cc1ccc(N(c2ccc(CC3(Cc4ccc(N(c5ccc(C)cc5)c5ccc(C(C)(C)C)cc5)cc4)c4cc(Br)ccc4-c4ccc(I)cc43)cc2)c2ccc(C(C)(C)C)cc2)cc1. The second-order valence-electron chi connectivity index (χ2n) is 20.1. The second-order valence-corrected chi connectivity index (χ2v) is 22.2. The van der Waals surface area contributed by atoms with Crippen molar-refractivity contribution in [2.75, 3.05) is 9.80 Å². The highest BCUT2D eigenvalue weighted by atomic mass is 127. The Morgan fingerprint density at radius 1 is 0.415 bits per heavy atom. The van der Waals surface area contributed by atoms with E-state index in [4.69, 9.17) is 0 Å². The molecule has 65 heavy (non-hydrogen) atoms. The first-order chi connectivity index (χ1) is 31.1. The normalized spacial score (nSPS) is 13.0. The molecular weight excluding hydrogens is 967 g/mol. The third-order valence-electron chi connectivity index (χ3n) is 13.3. The number of rotatable bonds is 10. The van der Waals surface area contributed by atoms with Gasteiger partial charge in [-0.15, -0.1) is 0 Å². The molecule has 0 fully saturated rings. The third kappa shape index (κ3) is 9.22. The number of hydrogen-bond acceptors (Lipinski definition) is 2. The zero-order valence-electron chi connectivity index (χ0n) is 38.9. The lowest BCUT2D eigenvalue weighted by Gasteiger charge is -2.34. The molecule has 2 nitrogen and oxygen atoms in total. The second kappa shape index (κ2) is 17.8. The van der Waals surface area contributed by atoms with E-state index >= 15 is 0 Å². The number of hydrogen-bond donors (Lipinski definition) is 0. The quantitative estimate of drug-likeness (QED) is 0.126. The van der Waals surface area contributed by atoms with E-state index in [0.717, 1.165) is 51.4 Å². The van der Waals surface area contributed by atoms with Crippen LogP contribution in [0.4, 0.5) is 34.1 Å². The fraction of sp³-hybridized carbons (Fsp3) is 0.213. The van der Waals surface area contributed by atoms with Crippen molar-refractivity contribution in [2.24, 2.45) is 0 Å². The molecular formula is C61H58BrIN2. The van der Waals surface area contributed by atoms with Gasteiger partial charge < -0.3 is 9.80 Å². The molecule has 0 aliphatic heterocycles. The lowest BCUT2D eigenvalue weighted by Crippen LogP contribution is -2.31. The zero-order valence-corrected chi connectivity index (χ0v) is 42.6. The lowest BCUT2D eigenvalue weighted by molar-refractivity contribution is 0.519. The fourth-order valence-electron chi connectivity index (χ4n) is 9.61. The molecule has 4 heteroatoms. The molecule has 0 spiro atoms. The largest absolute Gasteiger partial charge is 0.311 e. The number of benzene rings is 8. The van der Waals surface area contributed by atoms with E-state index in [1.807, 2.05) is 0 Å². The number of halogens is 2. The molecule has 0 atom stereocenters. The van der Waals surface area contributed by atoms with E-state index in [9.17, 15) is 0 Å². The molecule has 0 radical (unpaired) electrons. The summed E-state index contributed by atoms with van der Waals surface area (Å²) in [5.74, 6) is 0. The summed E-state index contributed by atoms with van der Waals surface area (Å²) in [6, 6.07) is 68.5. The predicted octanol–water partition coefficient (Wildman–Crippen LogP) is 18.0. The number of anilines is 6. The first kappa shape index (κ1) is 44.8. The van der Waals surface area contributed by atoms with Gasteiger partial charge in [0.15, 0.2) is 0 Å². The number of aryl methyl sites for hydroxylation is 2. The van der Waals surface area contributed by atoms with Crippen molar-refractivity contribution in [3.63, 3.8) is 0 Å². The maximum Gasteiger partial charge on any atom is 0.0461 e. The Hall–Kier alpha value is -5.43. The van der Waals surface area contributed by atoms with E-state index < -0.39 is 0 Å². The van der Waals surface area contributed by atoms with Gasteiger partial charge in [0, 0.05) is 47.6 Å². The van der Waals surface area contributed by atoms with Crippen molar-refractivity contribution >= 4 is 72.6 Å². The molecule has 0 amide bonds. The van der Waals surface area contributed by atoms with Crippen LogP contribution in [0, 0.1) is 17.4 Å². The minimum atomic E-state index is -0.308. The van der Waals surface area contributed by atoms with Crippen molar-refractivity contribution in [3.05, 3.63) is 235 Å². The van der Waals surface area contributed by atoms with Gasteiger partial charge in [-0.2, -0.15) is 0 Å². The summed E-state index contributed by atoms with van der Waals surface area (Å²) < 4.78 is 2.35. The van der Waals surface area contributed by atoms with Gasteiger partial charge in [0.25, 0.3) is 0 Å². The maximum absolute atomic E-state index is 3.91. The van der Waals surface area contributed by atoms with Gasteiger partial charge in [0.05, 0.1) is 0 Å². The third-order valence-corrected chi connectivity index (χ3v) is 14.4. The molecule has 0 heterocycles. The van der Waals surface area contributed by atoms with E-state index in [1.165, 1.54) is 59.2 Å². The van der Waals surface area contributed by atoms with Gasteiger partial charge in [0.2, 0.25) is 0 Å². The molecule has 326 valence electrons. The highest BCUT2D eigenvalue weighted by Crippen LogP contribution is 2.54. The molecule has 0 bridgehead atoms. The van der Waals surface area contributed by atoms with E-state index in [2.05, 4.69) is 286 Å². The summed E-state index contributed by atoms with van der Waals surface area (Å²) in [4.78, 5) is 4.76. The van der Waals surface area contributed by atoms with Crippen LogP contribution < -0.4 is 9.80 Å². The summed E-state index contributed by atoms with van der Waals surface area (Å²) in [6.07, 6.45) is 1.71. The van der Waals surface area contributed by atoms with Crippen LogP contribution in [-0.4, -0.2) is 0 Å². The van der Waals surface area contributed by atoms with E-state index in [-0.39, 0.29) is 16.2 Å². The topological polar surface area (TPSA) is 6.48 Å². The Kier molecular flexibility index (Phi) is 12.2. The standard InChI is InChI=1S/C61H58BrIN2/c1-41-9-23-49(24-10-41)64(53-31-17-45(18-32-53)59(3,4)5)51-27-13-43(14-28-51)39-61(57-37-47(62)21-35-55(57)56-36-22-48(63)38-58(56)61)40-44-15-29-52(30-16-44)65(50-25-11-42(2)12-26-50)54-33-19-46(20-34-54)60(6,7)8/h9-38H,39-40H2,1-8H3. The van der Waals surface area contributed by atoms with E-state index in [1.54, 1.807) is 0 Å². The average molecular weight is 1030 g/mol. The maximum atomic E-state index is 3.91. The van der Waals surface area contributed by atoms with Gasteiger partial charge in [0.1, 0.15) is 0 Å². The minimum absolute atomic E-state index is 0.0820. The molecule has 8 aromatic rings. The summed E-state index contributed by atoms with van der Waals surface area (Å²) in [6.45, 7) is 17.9. The van der Waals surface area contributed by atoms with Crippen molar-refractivity contribution < 1.29 is 0 Å². The number of nitrogens with zero attached hydrogens (tertiary/aromatic N) is 2. The Balaban J connectivity index is 1.11. The van der Waals surface area contributed by atoms with Crippen LogP contribution in [0.25, 0.3) is 11.1 Å². The minimum Gasteiger partial charge on any atom is -0.311 e. The Morgan fingerprint density at radius 3 is 1.11 bits per heavy atom. The summed E-state index contributed by atoms with van der Waals surface area (Å²) in [5, 5.41) is 0. The smallest absolute Gasteiger partial charge is 0.0461 e. The summed E-state index contributed by atoms with van der Waals surface area (Å²) >= 11 is 6.41. The Labute approximate surface area is 409 Å². The Bertz CT molecular complexity index is 2730. The Morgan fingerprint density at radius 2 is 0.738 bits per heavy atom. The van der Waals surface area contributed by atoms with Crippen molar-refractivity contribution in [1.29, 1.82) is 0 Å². The fourth-order valence-corrected chi connectivity index (χ4v) is 10.5. The van der Waals surface area contributed by atoms with Crippen LogP contribution in [0.2, 0.25) is 0 Å². The van der Waals surface area contributed by atoms with Crippen LogP contribution in [0.3, 0.4) is 0 Å². The van der Waals surface area contributed by atoms with Gasteiger partial charge >= 0.3 is 0 Å². The van der Waals surface area contributed by atoms with Crippen molar-refractivity contribution in [2.45, 2.75) is 84.5 Å². The molecule has 8 aromatic carbocycles. The van der Waals surface area contributed by atoms with Gasteiger partial charge in [-0.05, 0) is 202 Å². The zero-order chi connectivity index (χ0) is 45.7. The first-order valence-electron chi connectivity index (χ1n) is 22.8. The predicted molar refractivity (Wildman–Crippen MR) is 290 cm³/mol. The highest BCUT2D eigenvalue weighted by Gasteiger charge is 2.44. The van der Waals surface area contributed by atoms with Crippen LogP contribution in [-0.2, 0) is 29.1 Å². The van der Waals surface area contributed by atoms with Crippen LogP contribution in [0.5, 0.6) is 0 Å². The average Bonchev–Trinajstić information content (AvgIpc) is 3.52. The van der Waals surface area contributed by atoms with E-state index in [0.29, 0.717) is 0 Å². The van der Waals surface area contributed by atoms with Gasteiger partial charge in [-0.25, -0.2) is 0 Å². The molecule has 0 N–H and O–H groups in total. The number of fused-ring (bicyclic) bond motifs is 3. The molecule has 1 aliphatic rings. The first-order valence-corrected chi connectivity index (χ1v) is 24.7. The van der Waals surface area contributed by atoms with Crippen molar-refractivity contribution in [1.82, 2.24) is 0 Å². The molecule has 0 saturated heterocycles. The highest BCUT2D eigenvalue weighted by molar-refractivity contribution is 14.1. The molecule has 0 saturated carbocycles. The lowest BCUT2D eigenvalue weighted by atomic mass is 9.69. The molecule has 0 aromatic heterocycles.